The Balaban J connectivity index is 0.00000461. The summed E-state index contributed by atoms with van der Waals surface area (Å²) in [6, 6.07) is 0. The number of nitrogens with zero attached hydrogens (tertiary/aromatic N) is 4. The average Bonchev–Trinajstić information content (AvgIpc) is 3.67. The van der Waals surface area contributed by atoms with E-state index in [0.717, 1.165) is 23.0 Å². The number of aliphatic carboxylic acids is 2. The summed E-state index contributed by atoms with van der Waals surface area (Å²) in [5, 5.41) is 42.8. The van der Waals surface area contributed by atoms with Crippen molar-refractivity contribution in [3.63, 3.8) is 0 Å². The second kappa shape index (κ2) is 13.5. The molecule has 4 aromatic rings. The summed E-state index contributed by atoms with van der Waals surface area (Å²) in [6.45, 7) is 9.22. The van der Waals surface area contributed by atoms with Crippen LogP contribution in [0.5, 0.6) is 0 Å². The SMILES string of the molecule is C=Cc1c2[n-]c(c1C)\C=c1[n-]c(/c(=C\O)c/1=C\C)=C\c1[n-]c(c(CCC(=O)O)c1C)/C=c1\[n-]/c(c(CO)c1CCC(=O)O)=C\2.[Fe+4]. The monoisotopic (exact) mass is 648 g/mol. The van der Waals surface area contributed by atoms with Gasteiger partial charge in [0, 0.05) is 12.8 Å². The molecule has 0 radical (unpaired) electrons. The van der Waals surface area contributed by atoms with Gasteiger partial charge in [0.05, 0.1) is 12.9 Å². The fourth-order valence-corrected chi connectivity index (χ4v) is 5.75. The van der Waals surface area contributed by atoms with Crippen LogP contribution in [0.15, 0.2) is 6.58 Å². The van der Waals surface area contributed by atoms with Gasteiger partial charge in [0.25, 0.3) is 0 Å². The number of fused-ring (bicyclic) bond motifs is 8. The molecular weight excluding hydrogens is 616 g/mol. The zero-order chi connectivity index (χ0) is 31.7. The second-order valence-electron chi connectivity index (χ2n) is 10.6. The smallest absolute Gasteiger partial charge is 0.657 e. The Morgan fingerprint density at radius 2 is 1.24 bits per heavy atom. The number of carboxylic acids is 2. The van der Waals surface area contributed by atoms with Gasteiger partial charge >= 0.3 is 29.0 Å². The van der Waals surface area contributed by atoms with Crippen molar-refractivity contribution in [2.45, 2.75) is 53.1 Å². The number of hydrogen-bond acceptors (Lipinski definition) is 4. The molecule has 0 aromatic carbocycles. The first-order valence-corrected chi connectivity index (χ1v) is 14.1. The van der Waals surface area contributed by atoms with E-state index in [1.165, 1.54) is 0 Å². The molecule has 0 aliphatic carbocycles. The standard InChI is InChI=1S/C34H32N4O6.Fe/c1-5-19-17(3)25-11-28-20(6-2)23(15-39)31(37-28)12-26-18(4)21(7-9-33(41)42)29(36-26)14-30-22(8-10-34(43)44)24(16-40)32(38-30)13-27(19)35-25;/h5-6,11-15,39-40H,1,7-10,16H2,2-4H3,(H,41,42)(H,43,44);/q-4;+4/b20-6+,23-15-,28-11-,30-14-,31-12-,32-13-;. The van der Waals surface area contributed by atoms with Crippen molar-refractivity contribution in [1.82, 2.24) is 19.9 Å². The third kappa shape index (κ3) is 6.28. The quantitative estimate of drug-likeness (QED) is 0.154. The molecule has 10 nitrogen and oxygen atoms in total. The van der Waals surface area contributed by atoms with E-state index < -0.39 is 11.9 Å². The molecule has 5 heterocycles. The zero-order valence-electron chi connectivity index (χ0n) is 25.0. The zero-order valence-corrected chi connectivity index (χ0v) is 26.1. The topological polar surface area (TPSA) is 171 Å². The fourth-order valence-electron chi connectivity index (χ4n) is 5.75. The van der Waals surface area contributed by atoms with Gasteiger partial charge in [-0.15, -0.1) is 44.2 Å². The van der Waals surface area contributed by atoms with E-state index in [1.807, 2.05) is 32.9 Å². The molecule has 0 saturated carbocycles. The molecule has 1 aliphatic rings. The predicted octanol–water partition coefficient (Wildman–Crippen LogP) is -0.976. The van der Waals surface area contributed by atoms with Crippen molar-refractivity contribution in [1.29, 1.82) is 0 Å². The average molecular weight is 648 g/mol. The maximum absolute atomic E-state index is 11.5. The van der Waals surface area contributed by atoms with Crippen LogP contribution < -0.4 is 51.8 Å². The first kappa shape index (κ1) is 33.2. The number of aliphatic hydroxyl groups is 2. The maximum atomic E-state index is 11.5. The fraction of sp³-hybridized carbons (Fsp3) is 0.235. The van der Waals surface area contributed by atoms with Crippen molar-refractivity contribution in [3.8, 4) is 0 Å². The van der Waals surface area contributed by atoms with E-state index in [0.29, 0.717) is 71.3 Å². The van der Waals surface area contributed by atoms with Crippen molar-refractivity contribution in [2.75, 3.05) is 0 Å². The van der Waals surface area contributed by atoms with Gasteiger partial charge in [0.15, 0.2) is 0 Å². The van der Waals surface area contributed by atoms with Gasteiger partial charge in [0.2, 0.25) is 0 Å². The first-order chi connectivity index (χ1) is 21.1. The van der Waals surface area contributed by atoms with E-state index in [2.05, 4.69) is 6.58 Å². The molecule has 5 rings (SSSR count). The molecular formula is C34H32FeN4O6. The molecule has 0 saturated heterocycles. The Hall–Kier alpha value is -4.70. The second-order valence-corrected chi connectivity index (χ2v) is 10.6. The molecule has 0 unspecified atom stereocenters. The van der Waals surface area contributed by atoms with Crippen molar-refractivity contribution in [3.05, 3.63) is 94.6 Å². The van der Waals surface area contributed by atoms with Crippen LogP contribution in [0.3, 0.4) is 0 Å². The van der Waals surface area contributed by atoms with Crippen LogP contribution in [-0.2, 0) is 46.1 Å². The van der Waals surface area contributed by atoms with Crippen LogP contribution in [-0.4, -0.2) is 32.4 Å². The molecule has 0 fully saturated rings. The summed E-state index contributed by atoms with van der Waals surface area (Å²) in [6.07, 6.45) is 11.6. The van der Waals surface area contributed by atoms with Gasteiger partial charge in [-0.05, 0) is 55.2 Å². The number of carboxylic acid groups (broad SMARTS) is 2. The first-order valence-electron chi connectivity index (χ1n) is 14.1. The van der Waals surface area contributed by atoms with E-state index in [-0.39, 0.29) is 49.4 Å². The van der Waals surface area contributed by atoms with Gasteiger partial charge in [0.1, 0.15) is 0 Å². The Morgan fingerprint density at radius 1 is 0.733 bits per heavy atom. The normalized spacial score (nSPS) is 15.9. The summed E-state index contributed by atoms with van der Waals surface area (Å²) < 4.78 is 0. The van der Waals surface area contributed by atoms with Gasteiger partial charge in [-0.2, -0.15) is 0 Å². The summed E-state index contributed by atoms with van der Waals surface area (Å²) in [4.78, 5) is 42.4. The molecule has 0 atom stereocenters. The van der Waals surface area contributed by atoms with Crippen LogP contribution >= 0.6 is 0 Å². The van der Waals surface area contributed by atoms with Gasteiger partial charge < -0.3 is 40.4 Å². The molecule has 45 heavy (non-hydrogen) atoms. The van der Waals surface area contributed by atoms with E-state index in [4.69, 9.17) is 19.9 Å². The Morgan fingerprint density at radius 3 is 1.82 bits per heavy atom. The minimum Gasteiger partial charge on any atom is -0.657 e. The molecule has 4 N–H and O–H groups in total. The number of aliphatic hydroxyl groups excluding tert-OH is 2. The molecule has 0 amide bonds. The number of aromatic nitrogens is 4. The molecule has 1 aliphatic heterocycles. The third-order valence-corrected chi connectivity index (χ3v) is 8.05. The van der Waals surface area contributed by atoms with E-state index in [1.54, 1.807) is 24.3 Å². The number of carbonyl (C=O) groups is 2. The molecule has 4 aromatic heterocycles. The molecule has 11 heteroatoms. The van der Waals surface area contributed by atoms with Crippen LogP contribution in [0.4, 0.5) is 0 Å². The van der Waals surface area contributed by atoms with Crippen molar-refractivity contribution in [2.24, 2.45) is 0 Å². The third-order valence-electron chi connectivity index (χ3n) is 8.05. The van der Waals surface area contributed by atoms with Crippen molar-refractivity contribution < 1.29 is 47.1 Å². The Kier molecular flexibility index (Phi) is 9.97. The molecule has 8 bridgehead atoms. The van der Waals surface area contributed by atoms with Crippen LogP contribution in [0.25, 0.3) is 42.7 Å². The largest absolute Gasteiger partial charge is 4.00 e. The summed E-state index contributed by atoms with van der Waals surface area (Å²) in [5.74, 6) is -1.95. The van der Waals surface area contributed by atoms with E-state index in [9.17, 15) is 30.0 Å². The Labute approximate surface area is 268 Å². The predicted molar refractivity (Wildman–Crippen MR) is 166 cm³/mol. The van der Waals surface area contributed by atoms with Crippen LogP contribution in [0.2, 0.25) is 0 Å². The van der Waals surface area contributed by atoms with Gasteiger partial charge in [-0.1, -0.05) is 65.3 Å². The number of hydrogen-bond donors (Lipinski definition) is 4. The summed E-state index contributed by atoms with van der Waals surface area (Å²) >= 11 is 0. The minimum absolute atomic E-state index is 0. The van der Waals surface area contributed by atoms with Gasteiger partial charge in [-0.3, -0.25) is 9.59 Å². The van der Waals surface area contributed by atoms with Crippen LogP contribution in [0.1, 0.15) is 75.9 Å². The molecule has 0 spiro atoms. The summed E-state index contributed by atoms with van der Waals surface area (Å²) in [5.41, 5.74) is 6.38. The minimum atomic E-state index is -0.990. The summed E-state index contributed by atoms with van der Waals surface area (Å²) in [7, 11) is 0. The number of rotatable bonds is 8. The van der Waals surface area contributed by atoms with Gasteiger partial charge in [-0.25, -0.2) is 0 Å². The molecule has 232 valence electrons. The van der Waals surface area contributed by atoms with E-state index >= 15 is 0 Å². The maximum Gasteiger partial charge on any atom is 4.00 e. The Bertz CT molecular complexity index is 2190. The van der Waals surface area contributed by atoms with Crippen molar-refractivity contribution >= 4 is 54.7 Å². The van der Waals surface area contributed by atoms with Crippen LogP contribution in [0, 0.1) is 13.8 Å².